The second kappa shape index (κ2) is 6.26. The third-order valence-electron chi connectivity index (χ3n) is 2.66. The molecule has 0 saturated heterocycles. The third-order valence-corrected chi connectivity index (χ3v) is 5.50. The van der Waals surface area contributed by atoms with Crippen LogP contribution in [-0.2, 0) is 9.84 Å². The maximum Gasteiger partial charge on any atom is 0.175 e. The highest BCUT2D eigenvalue weighted by Crippen LogP contribution is 2.30. The molecule has 0 saturated carbocycles. The summed E-state index contributed by atoms with van der Waals surface area (Å²) < 4.78 is 29.6. The molecule has 1 unspecified atom stereocenters. The monoisotopic (exact) mass is 375 g/mol. The van der Waals surface area contributed by atoms with Gasteiger partial charge in [-0.3, -0.25) is 0 Å². The van der Waals surface area contributed by atoms with Crippen molar-refractivity contribution in [2.75, 3.05) is 12.8 Å². The second-order valence-electron chi connectivity index (χ2n) is 4.23. The van der Waals surface area contributed by atoms with Crippen molar-refractivity contribution in [1.29, 1.82) is 0 Å². The van der Waals surface area contributed by atoms with Crippen LogP contribution >= 0.6 is 27.3 Å². The van der Waals surface area contributed by atoms with Gasteiger partial charge in [0.25, 0.3) is 0 Å². The van der Waals surface area contributed by atoms with Crippen molar-refractivity contribution in [2.45, 2.75) is 11.0 Å². The lowest BCUT2D eigenvalue weighted by atomic mass is 10.3. The Balaban J connectivity index is 2.16. The van der Waals surface area contributed by atoms with E-state index >= 15 is 0 Å². The van der Waals surface area contributed by atoms with Gasteiger partial charge in [-0.05, 0) is 52.3 Å². The van der Waals surface area contributed by atoms with Gasteiger partial charge in [0.15, 0.2) is 9.84 Å². The van der Waals surface area contributed by atoms with Crippen LogP contribution in [0.1, 0.15) is 11.0 Å². The molecular weight excluding hydrogens is 362 g/mol. The molecule has 0 aliphatic rings. The summed E-state index contributed by atoms with van der Waals surface area (Å²) in [7, 11) is -3.19. The minimum Gasteiger partial charge on any atom is -0.484 e. The van der Waals surface area contributed by atoms with E-state index in [1.807, 2.05) is 12.1 Å². The number of benzene rings is 1. The van der Waals surface area contributed by atoms with Crippen LogP contribution < -0.4 is 10.5 Å². The Bertz CT molecular complexity index is 680. The van der Waals surface area contributed by atoms with Crippen LogP contribution in [0.4, 0.5) is 0 Å². The molecule has 1 aromatic heterocycles. The van der Waals surface area contributed by atoms with Crippen molar-refractivity contribution in [3.63, 3.8) is 0 Å². The predicted molar refractivity (Wildman–Crippen MR) is 84.0 cm³/mol. The van der Waals surface area contributed by atoms with E-state index in [-0.39, 0.29) is 11.0 Å². The molecular formula is C13H14BrNO3S2. The molecule has 2 rings (SSSR count). The molecule has 0 bridgehead atoms. The van der Waals surface area contributed by atoms with Crippen LogP contribution in [0.15, 0.2) is 45.1 Å². The summed E-state index contributed by atoms with van der Waals surface area (Å²) in [5.41, 5.74) is 5.73. The standard InChI is InChI=1S/C13H14BrNO3S2/c1-20(16,17)10-4-2-9(3-5-10)18-11(8-15)12-6-7-13(14)19-12/h2-7,11H,8,15H2,1H3. The van der Waals surface area contributed by atoms with Crippen molar-refractivity contribution in [1.82, 2.24) is 0 Å². The second-order valence-corrected chi connectivity index (χ2v) is 8.74. The van der Waals surface area contributed by atoms with Gasteiger partial charge in [0.1, 0.15) is 11.9 Å². The minimum absolute atomic E-state index is 0.240. The summed E-state index contributed by atoms with van der Waals surface area (Å²) in [6.07, 6.45) is 0.935. The lowest BCUT2D eigenvalue weighted by molar-refractivity contribution is 0.218. The average molecular weight is 376 g/mol. The van der Waals surface area contributed by atoms with Gasteiger partial charge in [-0.25, -0.2) is 8.42 Å². The number of halogens is 1. The third kappa shape index (κ3) is 3.82. The molecule has 1 atom stereocenters. The maximum atomic E-state index is 11.4. The maximum absolute atomic E-state index is 11.4. The van der Waals surface area contributed by atoms with E-state index in [0.717, 1.165) is 8.66 Å². The Morgan fingerprint density at radius 3 is 2.35 bits per heavy atom. The first-order valence-electron chi connectivity index (χ1n) is 5.82. The fraction of sp³-hybridized carbons (Fsp3) is 0.231. The van der Waals surface area contributed by atoms with E-state index < -0.39 is 9.84 Å². The van der Waals surface area contributed by atoms with Crippen LogP contribution in [0.25, 0.3) is 0 Å². The summed E-state index contributed by atoms with van der Waals surface area (Å²) in [6, 6.07) is 10.2. The molecule has 0 spiro atoms. The van der Waals surface area contributed by atoms with Gasteiger partial charge in [-0.1, -0.05) is 0 Å². The highest BCUT2D eigenvalue weighted by molar-refractivity contribution is 9.11. The molecule has 0 aliphatic heterocycles. The van der Waals surface area contributed by atoms with E-state index in [1.165, 1.54) is 18.4 Å². The van der Waals surface area contributed by atoms with Crippen LogP contribution in [0, 0.1) is 0 Å². The van der Waals surface area contributed by atoms with E-state index in [4.69, 9.17) is 10.5 Å². The largest absolute Gasteiger partial charge is 0.484 e. The Kier molecular flexibility index (Phi) is 4.85. The molecule has 0 amide bonds. The highest BCUT2D eigenvalue weighted by Gasteiger charge is 2.14. The molecule has 4 nitrogen and oxygen atoms in total. The first kappa shape index (κ1) is 15.5. The lowest BCUT2D eigenvalue weighted by Crippen LogP contribution is -2.17. The van der Waals surface area contributed by atoms with Crippen molar-refractivity contribution < 1.29 is 13.2 Å². The molecule has 108 valence electrons. The van der Waals surface area contributed by atoms with Crippen LogP contribution in [0.3, 0.4) is 0 Å². The number of hydrogen-bond donors (Lipinski definition) is 1. The Morgan fingerprint density at radius 2 is 1.90 bits per heavy atom. The highest BCUT2D eigenvalue weighted by atomic mass is 79.9. The zero-order valence-corrected chi connectivity index (χ0v) is 14.0. The van der Waals surface area contributed by atoms with Crippen LogP contribution in [-0.4, -0.2) is 21.2 Å². The van der Waals surface area contributed by atoms with Gasteiger partial charge >= 0.3 is 0 Å². The van der Waals surface area contributed by atoms with Gasteiger partial charge in [0.05, 0.1) is 8.68 Å². The Labute approximate surface area is 130 Å². The number of sulfone groups is 1. The molecule has 1 aromatic carbocycles. The number of rotatable bonds is 5. The number of hydrogen-bond acceptors (Lipinski definition) is 5. The quantitative estimate of drug-likeness (QED) is 0.871. The lowest BCUT2D eigenvalue weighted by Gasteiger charge is -2.16. The molecule has 20 heavy (non-hydrogen) atoms. The molecule has 0 aliphatic carbocycles. The van der Waals surface area contributed by atoms with Crippen molar-refractivity contribution >= 4 is 37.1 Å². The number of ether oxygens (including phenoxy) is 1. The molecule has 2 aromatic rings. The minimum atomic E-state index is -3.19. The summed E-state index contributed by atoms with van der Waals surface area (Å²) >= 11 is 4.96. The Hall–Kier alpha value is -0.890. The molecule has 7 heteroatoms. The summed E-state index contributed by atoms with van der Waals surface area (Å²) in [5.74, 6) is 0.595. The van der Waals surface area contributed by atoms with Crippen LogP contribution in [0.2, 0.25) is 0 Å². The fourth-order valence-corrected chi connectivity index (χ4v) is 3.75. The van der Waals surface area contributed by atoms with E-state index in [2.05, 4.69) is 15.9 Å². The number of thiophene rings is 1. The predicted octanol–water partition coefficient (Wildman–Crippen LogP) is 2.99. The van der Waals surface area contributed by atoms with E-state index in [9.17, 15) is 8.42 Å². The molecule has 2 N–H and O–H groups in total. The van der Waals surface area contributed by atoms with Crippen molar-refractivity contribution in [2.24, 2.45) is 5.73 Å². The van der Waals surface area contributed by atoms with Crippen molar-refractivity contribution in [3.05, 3.63) is 45.1 Å². The summed E-state index contributed by atoms with van der Waals surface area (Å²) in [6.45, 7) is 0.348. The average Bonchev–Trinajstić information content (AvgIpc) is 2.82. The van der Waals surface area contributed by atoms with Crippen LogP contribution in [0.5, 0.6) is 5.75 Å². The van der Waals surface area contributed by atoms with Gasteiger partial charge in [-0.2, -0.15) is 0 Å². The van der Waals surface area contributed by atoms with Gasteiger partial charge in [0, 0.05) is 17.7 Å². The van der Waals surface area contributed by atoms with Gasteiger partial charge in [-0.15, -0.1) is 11.3 Å². The summed E-state index contributed by atoms with van der Waals surface area (Å²) in [4.78, 5) is 1.29. The summed E-state index contributed by atoms with van der Waals surface area (Å²) in [5, 5.41) is 0. The topological polar surface area (TPSA) is 69.4 Å². The van der Waals surface area contributed by atoms with Gasteiger partial charge in [0.2, 0.25) is 0 Å². The smallest absolute Gasteiger partial charge is 0.175 e. The molecule has 0 radical (unpaired) electrons. The van der Waals surface area contributed by atoms with Gasteiger partial charge < -0.3 is 10.5 Å². The first-order valence-corrected chi connectivity index (χ1v) is 9.32. The zero-order valence-electron chi connectivity index (χ0n) is 10.7. The number of nitrogens with two attached hydrogens (primary N) is 1. The van der Waals surface area contributed by atoms with E-state index in [0.29, 0.717) is 12.3 Å². The fourth-order valence-electron chi connectivity index (χ4n) is 1.65. The normalized spacial score (nSPS) is 13.2. The van der Waals surface area contributed by atoms with E-state index in [1.54, 1.807) is 23.5 Å². The SMILES string of the molecule is CS(=O)(=O)c1ccc(OC(CN)c2ccc(Br)s2)cc1. The first-order chi connectivity index (χ1) is 9.40. The zero-order chi connectivity index (χ0) is 14.8. The Morgan fingerprint density at radius 1 is 1.25 bits per heavy atom. The molecule has 0 fully saturated rings. The molecule has 1 heterocycles. The van der Waals surface area contributed by atoms with Crippen molar-refractivity contribution in [3.8, 4) is 5.75 Å².